The molecule has 6 heteroatoms. The van der Waals surface area contributed by atoms with E-state index in [-0.39, 0.29) is 11.7 Å². The zero-order valence-electron chi connectivity index (χ0n) is 16.5. The molecule has 4 rings (SSSR count). The van der Waals surface area contributed by atoms with Crippen molar-refractivity contribution in [3.05, 3.63) is 76.1 Å². The zero-order chi connectivity index (χ0) is 20.2. The quantitative estimate of drug-likeness (QED) is 0.621. The predicted molar refractivity (Wildman–Crippen MR) is 121 cm³/mol. The van der Waals surface area contributed by atoms with E-state index in [0.717, 1.165) is 41.6 Å². The van der Waals surface area contributed by atoms with Gasteiger partial charge in [-0.2, -0.15) is 0 Å². The SMILES string of the molecule is Cc1ccc2cc(CN(C[C@@H]3CCCO3)C(=S)Nc3ccccc3)c(=O)[nH]c2c1. The summed E-state index contributed by atoms with van der Waals surface area (Å²) >= 11 is 5.69. The van der Waals surface area contributed by atoms with Crippen LogP contribution in [0.5, 0.6) is 0 Å². The standard InChI is InChI=1S/C23H25N3O2S/c1-16-9-10-17-13-18(22(27)25-21(17)12-16)14-26(15-20-8-5-11-28-20)23(29)24-19-6-3-2-4-7-19/h2-4,6-7,9-10,12-13,20H,5,8,11,14-15H2,1H3,(H,24,29)(H,25,27)/t20-/m0/s1. The number of anilines is 1. The number of H-pyrrole nitrogens is 1. The summed E-state index contributed by atoms with van der Waals surface area (Å²) in [6.45, 7) is 3.89. The number of ether oxygens (including phenoxy) is 1. The van der Waals surface area contributed by atoms with Gasteiger partial charge < -0.3 is 19.9 Å². The third kappa shape index (κ3) is 4.83. The Balaban J connectivity index is 1.59. The molecule has 0 bridgehead atoms. The highest BCUT2D eigenvalue weighted by Gasteiger charge is 2.22. The number of fused-ring (bicyclic) bond motifs is 1. The van der Waals surface area contributed by atoms with Crippen molar-refractivity contribution >= 4 is 33.9 Å². The molecule has 1 aliphatic heterocycles. The number of para-hydroxylation sites is 1. The minimum absolute atomic E-state index is 0.0806. The van der Waals surface area contributed by atoms with Gasteiger partial charge in [0.05, 0.1) is 12.6 Å². The highest BCUT2D eigenvalue weighted by molar-refractivity contribution is 7.80. The molecule has 2 N–H and O–H groups in total. The molecule has 2 heterocycles. The fraction of sp³-hybridized carbons (Fsp3) is 0.304. The summed E-state index contributed by atoms with van der Waals surface area (Å²) in [5.74, 6) is 0. The molecule has 0 aliphatic carbocycles. The lowest BCUT2D eigenvalue weighted by Crippen LogP contribution is -2.40. The number of aryl methyl sites for hydroxylation is 1. The predicted octanol–water partition coefficient (Wildman–Crippen LogP) is 4.21. The fourth-order valence-corrected chi connectivity index (χ4v) is 3.92. The first-order valence-electron chi connectivity index (χ1n) is 9.93. The molecule has 0 saturated carbocycles. The van der Waals surface area contributed by atoms with Crippen molar-refractivity contribution in [2.45, 2.75) is 32.4 Å². The number of rotatable bonds is 5. The van der Waals surface area contributed by atoms with Gasteiger partial charge in [0.2, 0.25) is 0 Å². The highest BCUT2D eigenvalue weighted by atomic mass is 32.1. The second-order valence-corrected chi connectivity index (χ2v) is 7.91. The molecule has 29 heavy (non-hydrogen) atoms. The molecule has 2 aromatic carbocycles. The third-order valence-electron chi connectivity index (χ3n) is 5.20. The number of pyridine rings is 1. The van der Waals surface area contributed by atoms with Gasteiger partial charge in [0.25, 0.3) is 5.56 Å². The number of hydrogen-bond acceptors (Lipinski definition) is 3. The summed E-state index contributed by atoms with van der Waals surface area (Å²) in [6.07, 6.45) is 2.21. The van der Waals surface area contributed by atoms with Crippen molar-refractivity contribution in [1.82, 2.24) is 9.88 Å². The molecule has 0 amide bonds. The normalized spacial score (nSPS) is 16.1. The van der Waals surface area contributed by atoms with Crippen LogP contribution >= 0.6 is 12.2 Å². The van der Waals surface area contributed by atoms with Gasteiger partial charge in [-0.3, -0.25) is 4.79 Å². The van der Waals surface area contributed by atoms with Crippen LogP contribution in [0.15, 0.2) is 59.4 Å². The van der Waals surface area contributed by atoms with Crippen LogP contribution in [0.3, 0.4) is 0 Å². The summed E-state index contributed by atoms with van der Waals surface area (Å²) < 4.78 is 5.82. The minimum Gasteiger partial charge on any atom is -0.376 e. The first-order valence-corrected chi connectivity index (χ1v) is 10.3. The van der Waals surface area contributed by atoms with Crippen molar-refractivity contribution in [2.24, 2.45) is 0 Å². The maximum atomic E-state index is 12.7. The second kappa shape index (κ2) is 8.76. The maximum Gasteiger partial charge on any atom is 0.253 e. The summed E-state index contributed by atoms with van der Waals surface area (Å²) in [4.78, 5) is 17.8. The van der Waals surface area contributed by atoms with Gasteiger partial charge in [-0.1, -0.05) is 30.3 Å². The van der Waals surface area contributed by atoms with E-state index in [1.807, 2.05) is 60.4 Å². The Bertz CT molecular complexity index is 1060. The first-order chi connectivity index (χ1) is 14.1. The van der Waals surface area contributed by atoms with E-state index in [4.69, 9.17) is 17.0 Å². The third-order valence-corrected chi connectivity index (χ3v) is 5.56. The molecule has 150 valence electrons. The minimum atomic E-state index is -0.0806. The van der Waals surface area contributed by atoms with Gasteiger partial charge in [-0.25, -0.2) is 0 Å². The molecular weight excluding hydrogens is 382 g/mol. The van der Waals surface area contributed by atoms with Gasteiger partial charge >= 0.3 is 0 Å². The van der Waals surface area contributed by atoms with Crippen molar-refractivity contribution in [3.8, 4) is 0 Å². The fourth-order valence-electron chi connectivity index (χ4n) is 3.66. The average molecular weight is 408 g/mol. The van der Waals surface area contributed by atoms with E-state index < -0.39 is 0 Å². The Morgan fingerprint density at radius 3 is 2.83 bits per heavy atom. The number of hydrogen-bond donors (Lipinski definition) is 2. The van der Waals surface area contributed by atoms with Gasteiger partial charge in [0.1, 0.15) is 0 Å². The molecule has 1 saturated heterocycles. The number of benzene rings is 2. The summed E-state index contributed by atoms with van der Waals surface area (Å²) in [5.41, 5.74) is 3.51. The zero-order valence-corrected chi connectivity index (χ0v) is 17.3. The molecule has 1 fully saturated rings. The molecular formula is C23H25N3O2S. The molecule has 0 radical (unpaired) electrons. The van der Waals surface area contributed by atoms with Crippen molar-refractivity contribution in [2.75, 3.05) is 18.5 Å². The topological polar surface area (TPSA) is 57.4 Å². The highest BCUT2D eigenvalue weighted by Crippen LogP contribution is 2.18. The van der Waals surface area contributed by atoms with Crippen LogP contribution in [-0.4, -0.2) is 34.3 Å². The number of aromatic amines is 1. The Hall–Kier alpha value is -2.70. The van der Waals surface area contributed by atoms with Gasteiger partial charge in [0.15, 0.2) is 5.11 Å². The molecule has 1 aromatic heterocycles. The van der Waals surface area contributed by atoms with E-state index in [0.29, 0.717) is 23.8 Å². The lowest BCUT2D eigenvalue weighted by molar-refractivity contribution is 0.0904. The maximum absolute atomic E-state index is 12.7. The molecule has 0 spiro atoms. The van der Waals surface area contributed by atoms with E-state index in [1.165, 1.54) is 0 Å². The number of thiocarbonyl (C=S) groups is 1. The van der Waals surface area contributed by atoms with Crippen LogP contribution < -0.4 is 10.9 Å². The van der Waals surface area contributed by atoms with Gasteiger partial charge in [-0.05, 0) is 67.2 Å². The van der Waals surface area contributed by atoms with Crippen LogP contribution in [-0.2, 0) is 11.3 Å². The second-order valence-electron chi connectivity index (χ2n) is 7.53. The monoisotopic (exact) mass is 407 g/mol. The van der Waals surface area contributed by atoms with E-state index in [2.05, 4.69) is 16.4 Å². The summed E-state index contributed by atoms with van der Waals surface area (Å²) in [7, 11) is 0. The molecule has 3 aromatic rings. The van der Waals surface area contributed by atoms with Crippen LogP contribution in [0.4, 0.5) is 5.69 Å². The Kier molecular flexibility index (Phi) is 5.92. The molecule has 5 nitrogen and oxygen atoms in total. The Morgan fingerprint density at radius 2 is 2.07 bits per heavy atom. The summed E-state index contributed by atoms with van der Waals surface area (Å²) in [6, 6.07) is 17.9. The van der Waals surface area contributed by atoms with Gasteiger partial charge in [0, 0.05) is 29.9 Å². The lowest BCUT2D eigenvalue weighted by atomic mass is 10.1. The molecule has 1 aliphatic rings. The Morgan fingerprint density at radius 1 is 1.24 bits per heavy atom. The van der Waals surface area contributed by atoms with Crippen molar-refractivity contribution in [1.29, 1.82) is 0 Å². The van der Waals surface area contributed by atoms with Crippen LogP contribution in [0.1, 0.15) is 24.0 Å². The lowest BCUT2D eigenvalue weighted by Gasteiger charge is -2.28. The summed E-state index contributed by atoms with van der Waals surface area (Å²) in [5, 5.41) is 4.90. The smallest absolute Gasteiger partial charge is 0.253 e. The Labute approximate surface area is 175 Å². The van der Waals surface area contributed by atoms with Crippen LogP contribution in [0.2, 0.25) is 0 Å². The van der Waals surface area contributed by atoms with Gasteiger partial charge in [-0.15, -0.1) is 0 Å². The largest absolute Gasteiger partial charge is 0.376 e. The van der Waals surface area contributed by atoms with Crippen molar-refractivity contribution < 1.29 is 4.74 Å². The number of nitrogens with one attached hydrogen (secondary N) is 2. The first kappa shape index (κ1) is 19.6. The van der Waals surface area contributed by atoms with E-state index in [1.54, 1.807) is 0 Å². The van der Waals surface area contributed by atoms with Crippen molar-refractivity contribution in [3.63, 3.8) is 0 Å². The van der Waals surface area contributed by atoms with Crippen LogP contribution in [0, 0.1) is 6.92 Å². The molecule has 1 atom stereocenters. The number of aromatic nitrogens is 1. The van der Waals surface area contributed by atoms with E-state index in [9.17, 15) is 4.79 Å². The molecule has 0 unspecified atom stereocenters. The van der Waals surface area contributed by atoms with E-state index >= 15 is 0 Å². The van der Waals surface area contributed by atoms with Crippen LogP contribution in [0.25, 0.3) is 10.9 Å². The number of nitrogens with zero attached hydrogens (tertiary/aromatic N) is 1. The average Bonchev–Trinajstić information content (AvgIpc) is 3.22.